The summed E-state index contributed by atoms with van der Waals surface area (Å²) in [4.78, 5) is 5.62. The van der Waals surface area contributed by atoms with E-state index >= 15 is 0 Å². The molecule has 0 N–H and O–H groups in total. The van der Waals surface area contributed by atoms with E-state index in [-0.39, 0.29) is 10.9 Å². The molecule has 0 spiro atoms. The molecule has 12 heavy (non-hydrogen) atoms. The molecule has 0 radical (unpaired) electrons. The van der Waals surface area contributed by atoms with Crippen molar-refractivity contribution in [1.82, 2.24) is 0 Å². The van der Waals surface area contributed by atoms with Crippen LogP contribution in [0.2, 0.25) is 0 Å². The van der Waals surface area contributed by atoms with Crippen molar-refractivity contribution in [3.63, 3.8) is 0 Å². The van der Waals surface area contributed by atoms with Crippen molar-refractivity contribution < 1.29 is 0 Å². The molecule has 1 unspecified atom stereocenters. The first-order chi connectivity index (χ1) is 5.97. The molecule has 60 valence electrons. The second kappa shape index (κ2) is 3.59. The Labute approximate surface area is 75.2 Å². The third-order valence-corrected chi connectivity index (χ3v) is 3.48. The number of hydrogen-bond acceptors (Lipinski definition) is 1. The number of nitrogens with zero attached hydrogens (tertiary/aromatic N) is 1. The van der Waals surface area contributed by atoms with Gasteiger partial charge in [0.15, 0.2) is 4.90 Å². The Morgan fingerprint density at radius 2 is 2.00 bits per heavy atom. The van der Waals surface area contributed by atoms with E-state index in [1.165, 1.54) is 4.90 Å². The Morgan fingerprint density at radius 1 is 1.17 bits per heavy atom. The van der Waals surface area contributed by atoms with Gasteiger partial charge in [0.25, 0.3) is 0 Å². The van der Waals surface area contributed by atoms with E-state index in [0.29, 0.717) is 0 Å². The van der Waals surface area contributed by atoms with E-state index in [1.807, 2.05) is 18.4 Å². The lowest BCUT2D eigenvalue weighted by molar-refractivity contribution is 1.34. The molecule has 1 nitrogen and oxygen atoms in total. The fraction of sp³-hybridized carbons (Fsp3) is 0.100. The molecule has 1 aromatic carbocycles. The third kappa shape index (κ3) is 1.59. The van der Waals surface area contributed by atoms with Crippen LogP contribution in [0.25, 0.3) is 0 Å². The van der Waals surface area contributed by atoms with Crippen molar-refractivity contribution in [2.75, 3.05) is 5.88 Å². The lowest BCUT2D eigenvalue weighted by Crippen LogP contribution is -2.05. The normalized spacial score (nSPS) is 21.2. The van der Waals surface area contributed by atoms with Crippen LogP contribution in [0.1, 0.15) is 0 Å². The van der Waals surface area contributed by atoms with E-state index in [2.05, 4.69) is 34.7 Å². The fourth-order valence-electron chi connectivity index (χ4n) is 1.11. The first kappa shape index (κ1) is 7.62. The largest absolute Gasteiger partial charge is 0.242 e. The molecule has 0 saturated heterocycles. The number of benzene rings is 1. The van der Waals surface area contributed by atoms with Crippen molar-refractivity contribution in [3.05, 3.63) is 41.8 Å². The molecule has 0 aromatic heterocycles. The summed E-state index contributed by atoms with van der Waals surface area (Å²) in [5.74, 6) is 0.917. The Morgan fingerprint density at radius 3 is 2.67 bits per heavy atom. The highest BCUT2D eigenvalue weighted by molar-refractivity contribution is 7.99. The zero-order valence-electron chi connectivity index (χ0n) is 6.68. The van der Waals surface area contributed by atoms with Gasteiger partial charge in [-0.2, -0.15) is 0 Å². The molecule has 0 bridgehead atoms. The SMILES string of the molecule is C1=C[S+](c2ccccc2)CN=C1. The van der Waals surface area contributed by atoms with Gasteiger partial charge in [-0.1, -0.05) is 18.2 Å². The van der Waals surface area contributed by atoms with Crippen LogP contribution >= 0.6 is 0 Å². The lowest BCUT2D eigenvalue weighted by atomic mass is 10.4. The topological polar surface area (TPSA) is 12.4 Å². The number of rotatable bonds is 1. The molecule has 1 heterocycles. The van der Waals surface area contributed by atoms with Crippen LogP contribution in [0.4, 0.5) is 0 Å². The minimum Gasteiger partial charge on any atom is -0.242 e. The van der Waals surface area contributed by atoms with Crippen LogP contribution in [-0.2, 0) is 10.9 Å². The minimum atomic E-state index is 0.213. The molecule has 0 aliphatic carbocycles. The van der Waals surface area contributed by atoms with Crippen molar-refractivity contribution in [2.45, 2.75) is 4.90 Å². The highest BCUT2D eigenvalue weighted by Gasteiger charge is 2.18. The van der Waals surface area contributed by atoms with Crippen molar-refractivity contribution in [3.8, 4) is 0 Å². The van der Waals surface area contributed by atoms with Crippen LogP contribution in [0.5, 0.6) is 0 Å². The van der Waals surface area contributed by atoms with Gasteiger partial charge in [0.2, 0.25) is 5.88 Å². The highest BCUT2D eigenvalue weighted by Crippen LogP contribution is 2.16. The predicted molar refractivity (Wildman–Crippen MR) is 54.6 cm³/mol. The Bertz CT molecular complexity index is 303. The maximum absolute atomic E-state index is 4.24. The molecule has 1 aliphatic rings. The molecule has 1 atom stereocenters. The summed E-state index contributed by atoms with van der Waals surface area (Å²) in [5, 5.41) is 2.22. The Kier molecular flexibility index (Phi) is 2.28. The zero-order valence-corrected chi connectivity index (χ0v) is 7.50. The summed E-state index contributed by atoms with van der Waals surface area (Å²) in [6.07, 6.45) is 3.89. The first-order valence-electron chi connectivity index (χ1n) is 3.88. The van der Waals surface area contributed by atoms with Gasteiger partial charge >= 0.3 is 0 Å². The molecule has 2 heteroatoms. The van der Waals surface area contributed by atoms with E-state index in [0.717, 1.165) is 5.88 Å². The molecular weight excluding hydrogens is 166 g/mol. The average molecular weight is 176 g/mol. The average Bonchev–Trinajstić information content (AvgIpc) is 2.21. The fourth-order valence-corrected chi connectivity index (χ4v) is 2.51. The van der Waals surface area contributed by atoms with Crippen LogP contribution in [-0.4, -0.2) is 12.1 Å². The van der Waals surface area contributed by atoms with Gasteiger partial charge in [-0.05, 0) is 12.1 Å². The lowest BCUT2D eigenvalue weighted by Gasteiger charge is -2.01. The Hall–Kier alpha value is -1.02. The van der Waals surface area contributed by atoms with Crippen molar-refractivity contribution in [1.29, 1.82) is 0 Å². The second-order valence-electron chi connectivity index (χ2n) is 2.53. The molecule has 2 rings (SSSR count). The Balaban J connectivity index is 2.21. The number of hydrogen-bond donors (Lipinski definition) is 0. The monoisotopic (exact) mass is 176 g/mol. The van der Waals surface area contributed by atoms with Gasteiger partial charge in [0, 0.05) is 12.3 Å². The third-order valence-electron chi connectivity index (χ3n) is 1.69. The molecular formula is C10H10NS+. The van der Waals surface area contributed by atoms with E-state index in [1.54, 1.807) is 0 Å². The summed E-state index contributed by atoms with van der Waals surface area (Å²) in [7, 11) is 0.213. The van der Waals surface area contributed by atoms with Crippen LogP contribution in [0, 0.1) is 0 Å². The number of allylic oxidation sites excluding steroid dienone is 1. The number of aliphatic imine (C=N–C) groups is 1. The van der Waals surface area contributed by atoms with Gasteiger partial charge in [0.1, 0.15) is 5.41 Å². The first-order valence-corrected chi connectivity index (χ1v) is 5.34. The maximum Gasteiger partial charge on any atom is 0.208 e. The van der Waals surface area contributed by atoms with E-state index in [9.17, 15) is 0 Å². The molecule has 1 aliphatic heterocycles. The van der Waals surface area contributed by atoms with E-state index in [4.69, 9.17) is 0 Å². The van der Waals surface area contributed by atoms with Crippen LogP contribution < -0.4 is 0 Å². The molecule has 1 aromatic rings. The molecule has 0 fully saturated rings. The zero-order chi connectivity index (χ0) is 8.23. The standard InChI is InChI=1S/C10H10NS/c1-2-5-10(6-3-1)12-8-4-7-11-9-12/h1-8H,9H2/q+1. The van der Waals surface area contributed by atoms with Gasteiger partial charge < -0.3 is 0 Å². The quantitative estimate of drug-likeness (QED) is 0.582. The van der Waals surface area contributed by atoms with Crippen LogP contribution in [0.3, 0.4) is 0 Å². The summed E-state index contributed by atoms with van der Waals surface area (Å²) in [6, 6.07) is 10.5. The van der Waals surface area contributed by atoms with E-state index < -0.39 is 0 Å². The van der Waals surface area contributed by atoms with Gasteiger partial charge in [-0.15, -0.1) is 0 Å². The van der Waals surface area contributed by atoms with Gasteiger partial charge in [-0.3, -0.25) is 0 Å². The summed E-state index contributed by atoms with van der Waals surface area (Å²) in [6.45, 7) is 0. The highest BCUT2D eigenvalue weighted by atomic mass is 32.2. The van der Waals surface area contributed by atoms with Crippen molar-refractivity contribution in [2.24, 2.45) is 4.99 Å². The van der Waals surface area contributed by atoms with Gasteiger partial charge in [0.05, 0.1) is 10.9 Å². The summed E-state index contributed by atoms with van der Waals surface area (Å²) >= 11 is 0. The predicted octanol–water partition coefficient (Wildman–Crippen LogP) is 2.22. The second-order valence-corrected chi connectivity index (χ2v) is 4.39. The maximum atomic E-state index is 4.24. The van der Waals surface area contributed by atoms with Crippen molar-refractivity contribution >= 4 is 17.1 Å². The summed E-state index contributed by atoms with van der Waals surface area (Å²) < 4.78 is 0. The van der Waals surface area contributed by atoms with Crippen LogP contribution in [0.15, 0.2) is 51.7 Å². The van der Waals surface area contributed by atoms with Gasteiger partial charge in [-0.25, -0.2) is 4.99 Å². The minimum absolute atomic E-state index is 0.213. The molecule has 0 amide bonds. The smallest absolute Gasteiger partial charge is 0.208 e. The summed E-state index contributed by atoms with van der Waals surface area (Å²) in [5.41, 5.74) is 0. The molecule has 0 saturated carbocycles.